The van der Waals surface area contributed by atoms with E-state index in [9.17, 15) is 24.6 Å². The quantitative estimate of drug-likeness (QED) is 0.445. The van der Waals surface area contributed by atoms with Crippen LogP contribution in [0.5, 0.6) is 0 Å². The number of aliphatic hydroxyl groups excluding tert-OH is 2. The molecule has 0 radical (unpaired) electrons. The molecule has 2 atom stereocenters. The van der Waals surface area contributed by atoms with Crippen molar-refractivity contribution in [1.82, 2.24) is 10.6 Å². The molecule has 0 spiro atoms. The Kier molecular flexibility index (Phi) is 6.83. The van der Waals surface area contributed by atoms with Crippen LogP contribution in [0.3, 0.4) is 0 Å². The van der Waals surface area contributed by atoms with Gasteiger partial charge >= 0.3 is 12.0 Å². The second kappa shape index (κ2) is 9.72. The van der Waals surface area contributed by atoms with E-state index in [4.69, 9.17) is 5.11 Å². The maximum atomic E-state index is 13.0. The molecule has 1 aliphatic heterocycles. The predicted octanol–water partition coefficient (Wildman–Crippen LogP) is 0.977. The fourth-order valence-corrected chi connectivity index (χ4v) is 3.11. The number of hydrogen-bond acceptors (Lipinski definition) is 5. The molecule has 0 saturated carbocycles. The Balaban J connectivity index is 1.82. The Morgan fingerprint density at radius 1 is 1.00 bits per heavy atom. The second-order valence-electron chi connectivity index (χ2n) is 6.88. The summed E-state index contributed by atoms with van der Waals surface area (Å²) in [4.78, 5) is 42.2. The van der Waals surface area contributed by atoms with Crippen molar-refractivity contribution in [3.8, 4) is 0 Å². The van der Waals surface area contributed by atoms with Gasteiger partial charge in [0.2, 0.25) is 11.8 Å². The third-order valence-corrected chi connectivity index (χ3v) is 4.66. The van der Waals surface area contributed by atoms with E-state index in [1.54, 1.807) is 54.6 Å². The molecule has 10 heteroatoms. The number of carbonyl (C=O) groups is 3. The summed E-state index contributed by atoms with van der Waals surface area (Å²) in [6.07, 6.45) is 0.0890. The zero-order valence-electron chi connectivity index (χ0n) is 16.4. The SMILES string of the molecule is O=C(O)[C@H](CO)NC(=O)[C@H](Cc1ccccc1)NC(=O)N1CC(O)=Nc2ccccc21. The van der Waals surface area contributed by atoms with Gasteiger partial charge in [-0.05, 0) is 17.7 Å². The van der Waals surface area contributed by atoms with Crippen LogP contribution in [-0.4, -0.2) is 64.4 Å². The van der Waals surface area contributed by atoms with E-state index in [1.165, 1.54) is 4.90 Å². The van der Waals surface area contributed by atoms with Crippen molar-refractivity contribution in [3.63, 3.8) is 0 Å². The van der Waals surface area contributed by atoms with Crippen molar-refractivity contribution < 1.29 is 29.7 Å². The number of carboxylic acids is 1. The maximum absolute atomic E-state index is 13.0. The lowest BCUT2D eigenvalue weighted by Crippen LogP contribution is -2.56. The lowest BCUT2D eigenvalue weighted by molar-refractivity contribution is -0.143. The Morgan fingerprint density at radius 2 is 1.68 bits per heavy atom. The lowest BCUT2D eigenvalue weighted by Gasteiger charge is -2.29. The predicted molar refractivity (Wildman–Crippen MR) is 113 cm³/mol. The van der Waals surface area contributed by atoms with Gasteiger partial charge < -0.3 is 26.0 Å². The first kappa shape index (κ1) is 21.8. The summed E-state index contributed by atoms with van der Waals surface area (Å²) in [7, 11) is 0. The molecule has 0 fully saturated rings. The largest absolute Gasteiger partial charge is 0.495 e. The van der Waals surface area contributed by atoms with E-state index in [1.807, 2.05) is 0 Å². The minimum Gasteiger partial charge on any atom is -0.495 e. The van der Waals surface area contributed by atoms with Crippen molar-refractivity contribution in [1.29, 1.82) is 0 Å². The van der Waals surface area contributed by atoms with E-state index in [0.29, 0.717) is 11.4 Å². The van der Waals surface area contributed by atoms with Crippen LogP contribution in [0.25, 0.3) is 0 Å². The number of carbonyl (C=O) groups excluding carboxylic acids is 2. The van der Waals surface area contributed by atoms with E-state index < -0.39 is 36.6 Å². The smallest absolute Gasteiger partial charge is 0.328 e. The Bertz CT molecular complexity index is 994. The molecular weight excluding hydrogens is 404 g/mol. The number of nitrogens with one attached hydrogen (secondary N) is 2. The van der Waals surface area contributed by atoms with Gasteiger partial charge in [0, 0.05) is 6.42 Å². The summed E-state index contributed by atoms with van der Waals surface area (Å²) < 4.78 is 0. The van der Waals surface area contributed by atoms with Crippen LogP contribution >= 0.6 is 0 Å². The number of rotatable bonds is 7. The molecule has 2 aromatic carbocycles. The highest BCUT2D eigenvalue weighted by Gasteiger charge is 2.30. The molecule has 3 amide bonds. The summed E-state index contributed by atoms with van der Waals surface area (Å²) in [5.41, 5.74) is 1.59. The Morgan fingerprint density at radius 3 is 2.35 bits per heavy atom. The number of anilines is 1. The number of carboxylic acid groups (broad SMARTS) is 1. The number of nitrogens with zero attached hydrogens (tertiary/aromatic N) is 2. The number of amides is 3. The van der Waals surface area contributed by atoms with Crippen molar-refractivity contribution in [3.05, 3.63) is 60.2 Å². The van der Waals surface area contributed by atoms with Gasteiger partial charge in [-0.2, -0.15) is 0 Å². The average Bonchev–Trinajstić information content (AvgIpc) is 2.76. The normalized spacial score (nSPS) is 14.6. The Labute approximate surface area is 177 Å². The molecule has 0 bridgehead atoms. The lowest BCUT2D eigenvalue weighted by atomic mass is 10.0. The van der Waals surface area contributed by atoms with Crippen LogP contribution in [-0.2, 0) is 16.0 Å². The maximum Gasteiger partial charge on any atom is 0.328 e. The molecule has 162 valence electrons. The van der Waals surface area contributed by atoms with Gasteiger partial charge in [-0.25, -0.2) is 14.6 Å². The molecule has 1 aliphatic rings. The van der Waals surface area contributed by atoms with Crippen LogP contribution in [0.4, 0.5) is 16.2 Å². The molecule has 31 heavy (non-hydrogen) atoms. The van der Waals surface area contributed by atoms with Crippen LogP contribution in [0.2, 0.25) is 0 Å². The van der Waals surface area contributed by atoms with Gasteiger partial charge in [0.15, 0.2) is 0 Å². The minimum atomic E-state index is -1.51. The van der Waals surface area contributed by atoms with Crippen molar-refractivity contribution >= 4 is 35.2 Å². The zero-order chi connectivity index (χ0) is 22.4. The average molecular weight is 426 g/mol. The van der Waals surface area contributed by atoms with E-state index in [2.05, 4.69) is 15.6 Å². The third-order valence-electron chi connectivity index (χ3n) is 4.66. The van der Waals surface area contributed by atoms with Gasteiger partial charge in [0.1, 0.15) is 18.6 Å². The molecule has 2 aromatic rings. The first-order chi connectivity index (χ1) is 14.9. The van der Waals surface area contributed by atoms with Gasteiger partial charge in [-0.3, -0.25) is 9.69 Å². The number of urea groups is 1. The number of aliphatic imine (C=N–C) groups is 1. The summed E-state index contributed by atoms with van der Waals surface area (Å²) in [6.45, 7) is -0.978. The van der Waals surface area contributed by atoms with E-state index >= 15 is 0 Å². The number of fused-ring (bicyclic) bond motifs is 1. The molecule has 1 heterocycles. The number of aliphatic hydroxyl groups is 2. The first-order valence-corrected chi connectivity index (χ1v) is 9.50. The van der Waals surface area contributed by atoms with E-state index in [-0.39, 0.29) is 18.9 Å². The molecule has 0 saturated heterocycles. The number of aliphatic carboxylic acids is 1. The highest BCUT2D eigenvalue weighted by Crippen LogP contribution is 2.31. The van der Waals surface area contributed by atoms with Gasteiger partial charge in [-0.15, -0.1) is 0 Å². The molecule has 0 aromatic heterocycles. The molecule has 0 aliphatic carbocycles. The van der Waals surface area contributed by atoms with Crippen molar-refractivity contribution in [2.24, 2.45) is 4.99 Å². The summed E-state index contributed by atoms with van der Waals surface area (Å²) in [6, 6.07) is 12.3. The third kappa shape index (κ3) is 5.37. The highest BCUT2D eigenvalue weighted by atomic mass is 16.4. The molecule has 5 N–H and O–H groups in total. The van der Waals surface area contributed by atoms with Crippen LogP contribution in [0.1, 0.15) is 5.56 Å². The highest BCUT2D eigenvalue weighted by molar-refractivity contribution is 6.04. The summed E-state index contributed by atoms with van der Waals surface area (Å²) in [5.74, 6) is -2.42. The van der Waals surface area contributed by atoms with Gasteiger partial charge in [-0.1, -0.05) is 42.5 Å². The molecule has 0 unspecified atom stereocenters. The molecule has 10 nitrogen and oxygen atoms in total. The number of para-hydroxylation sites is 2. The number of hydrogen-bond donors (Lipinski definition) is 5. The number of benzene rings is 2. The minimum absolute atomic E-state index is 0.0890. The fraction of sp³-hybridized carbons (Fsp3) is 0.238. The van der Waals surface area contributed by atoms with Crippen LogP contribution < -0.4 is 15.5 Å². The monoisotopic (exact) mass is 426 g/mol. The van der Waals surface area contributed by atoms with Crippen LogP contribution in [0, 0.1) is 0 Å². The van der Waals surface area contributed by atoms with Crippen molar-refractivity contribution in [2.75, 3.05) is 18.1 Å². The Hall–Kier alpha value is -3.92. The van der Waals surface area contributed by atoms with Gasteiger partial charge in [0.05, 0.1) is 18.0 Å². The molecular formula is C21H22N4O6. The summed E-state index contributed by atoms with van der Waals surface area (Å²) >= 11 is 0. The second-order valence-corrected chi connectivity index (χ2v) is 6.88. The van der Waals surface area contributed by atoms with E-state index in [0.717, 1.165) is 5.56 Å². The first-order valence-electron chi connectivity index (χ1n) is 9.50. The van der Waals surface area contributed by atoms with Crippen LogP contribution in [0.15, 0.2) is 59.6 Å². The fourth-order valence-electron chi connectivity index (χ4n) is 3.11. The van der Waals surface area contributed by atoms with Crippen molar-refractivity contribution in [2.45, 2.75) is 18.5 Å². The molecule has 3 rings (SSSR count). The topological polar surface area (TPSA) is 152 Å². The standard InChI is InChI=1S/C21H22N4O6/c26-12-16(20(29)30)23-19(28)15(10-13-6-2-1-3-7-13)24-21(31)25-11-18(27)22-14-8-4-5-9-17(14)25/h1-9,15-16,26H,10-12H2,(H,22,27)(H,23,28)(H,24,31)(H,29,30)/t15-,16-/m0/s1. The summed E-state index contributed by atoms with van der Waals surface area (Å²) in [5, 5.41) is 33.1. The van der Waals surface area contributed by atoms with Gasteiger partial charge in [0.25, 0.3) is 0 Å². The zero-order valence-corrected chi connectivity index (χ0v) is 16.4.